The first-order chi connectivity index (χ1) is 23.8. The Morgan fingerprint density at radius 2 is 1.82 bits per heavy atom. The molecule has 14 heteroatoms. The van der Waals surface area contributed by atoms with Gasteiger partial charge in [-0.1, -0.05) is 48.5 Å². The number of benzene rings is 3. The fourth-order valence-corrected chi connectivity index (χ4v) is 6.36. The third-order valence-electron chi connectivity index (χ3n) is 8.14. The van der Waals surface area contributed by atoms with Crippen LogP contribution in [0.5, 0.6) is 5.75 Å². The lowest BCUT2D eigenvalue weighted by Crippen LogP contribution is -2.27. The highest BCUT2D eigenvalue weighted by atomic mass is 127. The number of carbonyl (C=O) groups excluding carboxylic acids is 2. The molecule has 1 amide bonds. The van der Waals surface area contributed by atoms with Gasteiger partial charge in [-0.25, -0.2) is 24.5 Å². The molecular weight excluding hydrogens is 743 g/mol. The Hall–Kier alpha value is -4.93. The molecule has 1 saturated heterocycles. The lowest BCUT2D eigenvalue weighted by molar-refractivity contribution is 0.0696. The maximum absolute atomic E-state index is 13.5. The number of aromatic nitrogens is 4. The second-order valence-electron chi connectivity index (χ2n) is 11.4. The Morgan fingerprint density at radius 1 is 1.08 bits per heavy atom. The van der Waals surface area contributed by atoms with Gasteiger partial charge in [-0.3, -0.25) is 9.36 Å². The molecule has 4 N–H and O–H groups in total. The Kier molecular flexibility index (Phi) is 10.5. The van der Waals surface area contributed by atoms with Gasteiger partial charge in [0.2, 0.25) is 0 Å². The van der Waals surface area contributed by atoms with Crippen molar-refractivity contribution >= 4 is 57.4 Å². The number of esters is 1. The lowest BCUT2D eigenvalue weighted by atomic mass is 9.89. The smallest absolute Gasteiger partial charge is 0.343 e. The number of amides is 1. The molecule has 49 heavy (non-hydrogen) atoms. The molecule has 0 aliphatic carbocycles. The van der Waals surface area contributed by atoms with Crippen molar-refractivity contribution in [3.63, 3.8) is 0 Å². The van der Waals surface area contributed by atoms with Crippen LogP contribution in [-0.2, 0) is 11.2 Å². The average Bonchev–Trinajstić information content (AvgIpc) is 3.79. The molecule has 2 aromatic heterocycles. The van der Waals surface area contributed by atoms with E-state index < -0.39 is 29.8 Å². The lowest BCUT2D eigenvalue weighted by Gasteiger charge is -2.24. The molecule has 5 aromatic rings. The molecule has 2 atom stereocenters. The van der Waals surface area contributed by atoms with E-state index in [1.54, 1.807) is 37.3 Å². The molecule has 1 fully saturated rings. The summed E-state index contributed by atoms with van der Waals surface area (Å²) in [5.74, 6) is -2.79. The van der Waals surface area contributed by atoms with Gasteiger partial charge in [-0.2, -0.15) is 0 Å². The molecule has 0 bridgehead atoms. The quantitative estimate of drug-likeness (QED) is 0.0603. The van der Waals surface area contributed by atoms with Gasteiger partial charge in [0.1, 0.15) is 12.1 Å². The molecular formula is C35H33IN6O7. The van der Waals surface area contributed by atoms with E-state index in [9.17, 15) is 24.6 Å². The van der Waals surface area contributed by atoms with Gasteiger partial charge in [0, 0.05) is 47.2 Å². The minimum atomic E-state index is -1.31. The highest BCUT2D eigenvalue weighted by Gasteiger charge is 2.35. The van der Waals surface area contributed by atoms with Crippen LogP contribution in [0.1, 0.15) is 61.5 Å². The predicted octanol–water partition coefficient (Wildman–Crippen LogP) is 4.61. The zero-order chi connectivity index (χ0) is 34.5. The van der Waals surface area contributed by atoms with Crippen LogP contribution in [0.15, 0.2) is 73.1 Å². The first-order valence-electron chi connectivity index (χ1n) is 15.7. The number of carbonyl (C=O) groups is 3. The Labute approximate surface area is 294 Å². The van der Waals surface area contributed by atoms with Crippen LogP contribution in [0, 0.1) is 3.83 Å². The number of nitrogens with zero attached hydrogens (tertiary/aromatic N) is 4. The number of carboxylic acid groups (broad SMARTS) is 1. The van der Waals surface area contributed by atoms with Gasteiger partial charge < -0.3 is 30.3 Å². The number of hydrogen-bond acceptors (Lipinski definition) is 10. The van der Waals surface area contributed by atoms with E-state index >= 15 is 0 Å². The van der Waals surface area contributed by atoms with Crippen LogP contribution in [-0.4, -0.2) is 80.0 Å². The minimum Gasteiger partial charge on any atom is -0.478 e. The van der Waals surface area contributed by atoms with Crippen molar-refractivity contribution in [2.24, 2.45) is 0 Å². The van der Waals surface area contributed by atoms with Crippen LogP contribution in [0.3, 0.4) is 0 Å². The maximum Gasteiger partial charge on any atom is 0.343 e. The van der Waals surface area contributed by atoms with Crippen LogP contribution in [0.4, 0.5) is 5.82 Å². The minimum absolute atomic E-state index is 0.0672. The molecule has 1 aliphatic rings. The molecule has 0 saturated carbocycles. The highest BCUT2D eigenvalue weighted by Crippen LogP contribution is 2.43. The number of nitrogens with one attached hydrogen (secondary N) is 2. The molecule has 0 radical (unpaired) electrons. The van der Waals surface area contributed by atoms with Crippen molar-refractivity contribution in [2.75, 3.05) is 31.7 Å². The van der Waals surface area contributed by atoms with Crippen molar-refractivity contribution in [1.29, 1.82) is 0 Å². The van der Waals surface area contributed by atoms with Crippen LogP contribution >= 0.6 is 22.6 Å². The van der Waals surface area contributed by atoms with Crippen molar-refractivity contribution < 1.29 is 34.1 Å². The fraction of sp³-hybridized carbons (Fsp3) is 0.257. The van der Waals surface area contributed by atoms with Gasteiger partial charge in [-0.15, -0.1) is 0 Å². The molecule has 3 heterocycles. The third kappa shape index (κ3) is 7.25. The highest BCUT2D eigenvalue weighted by molar-refractivity contribution is 14.1. The van der Waals surface area contributed by atoms with Gasteiger partial charge in [0.15, 0.2) is 20.8 Å². The number of aliphatic hydroxyl groups excluding tert-OH is 1. The second-order valence-corrected chi connectivity index (χ2v) is 12.4. The summed E-state index contributed by atoms with van der Waals surface area (Å²) in [7, 11) is 0. The molecule has 6 rings (SSSR count). The number of anilines is 1. The number of carboxylic acids is 1. The number of imidazole rings is 1. The molecule has 252 valence electrons. The number of rotatable bonds is 12. The average molecular weight is 777 g/mol. The standard InChI is InChI=1S/C35H33IN6O7/c1-2-37-32(44)25-16-24(33(45)46)28(26(22-13-14-48-18-22)29(25)49-34(47)21-11-7-4-8-12-21)42-19-38-27-30(40-35(36)41-31(27)42)39-23(17-43)15-20-9-5-3-6-10-20/h3-12,16,19,22-23,43H,2,13-15,17-18H2,1H3,(H,37,44)(H,45,46)(H,39,40,41)/t22-,23-/m0/s1. The Morgan fingerprint density at radius 3 is 2.47 bits per heavy atom. The summed E-state index contributed by atoms with van der Waals surface area (Å²) in [5.41, 5.74) is 1.99. The van der Waals surface area contributed by atoms with Gasteiger partial charge in [-0.05, 0) is 43.5 Å². The number of ether oxygens (including phenoxy) is 2. The first-order valence-corrected chi connectivity index (χ1v) is 16.8. The molecule has 1 aliphatic heterocycles. The second kappa shape index (κ2) is 15.1. The van der Waals surface area contributed by atoms with Crippen molar-refractivity contribution in [3.8, 4) is 11.4 Å². The number of aromatic carboxylic acids is 1. The van der Waals surface area contributed by atoms with E-state index in [1.807, 2.05) is 52.9 Å². The molecule has 0 unspecified atom stereocenters. The van der Waals surface area contributed by atoms with Gasteiger partial charge in [0.05, 0.1) is 41.6 Å². The fourth-order valence-electron chi connectivity index (χ4n) is 5.89. The van der Waals surface area contributed by atoms with Gasteiger partial charge in [0.25, 0.3) is 5.91 Å². The summed E-state index contributed by atoms with van der Waals surface area (Å²) in [6, 6.07) is 18.8. The number of halogens is 1. The van der Waals surface area contributed by atoms with Crippen LogP contribution in [0.25, 0.3) is 16.9 Å². The molecule has 3 aromatic carbocycles. The van der Waals surface area contributed by atoms with Crippen molar-refractivity contribution in [2.45, 2.75) is 31.7 Å². The van der Waals surface area contributed by atoms with E-state index in [2.05, 4.69) is 25.6 Å². The third-order valence-corrected chi connectivity index (χ3v) is 8.62. The monoisotopic (exact) mass is 776 g/mol. The Bertz CT molecular complexity index is 2000. The van der Waals surface area contributed by atoms with E-state index in [1.165, 1.54) is 17.0 Å². The van der Waals surface area contributed by atoms with Crippen LogP contribution < -0.4 is 15.4 Å². The van der Waals surface area contributed by atoms with Crippen molar-refractivity contribution in [3.05, 3.63) is 105 Å². The predicted molar refractivity (Wildman–Crippen MR) is 189 cm³/mol. The number of aliphatic hydroxyl groups is 1. The SMILES string of the molecule is CCNC(=O)c1cc(C(=O)O)c(-n2cnc3c(N[C@H](CO)Cc4ccccc4)nc(I)nc32)c([C@H]2CCOC2)c1OC(=O)c1ccccc1. The van der Waals surface area contributed by atoms with Crippen molar-refractivity contribution in [1.82, 2.24) is 24.8 Å². The van der Waals surface area contributed by atoms with E-state index in [0.717, 1.165) is 5.56 Å². The molecule has 13 nitrogen and oxygen atoms in total. The summed E-state index contributed by atoms with van der Waals surface area (Å²) >= 11 is 1.97. The number of hydrogen-bond donors (Lipinski definition) is 4. The maximum atomic E-state index is 13.5. The number of fused-ring (bicyclic) bond motifs is 1. The zero-order valence-electron chi connectivity index (χ0n) is 26.4. The zero-order valence-corrected chi connectivity index (χ0v) is 28.6. The Balaban J connectivity index is 1.56. The summed E-state index contributed by atoms with van der Waals surface area (Å²) in [6.45, 7) is 2.38. The first kappa shape index (κ1) is 34.0. The van der Waals surface area contributed by atoms with Crippen LogP contribution in [0.2, 0.25) is 0 Å². The normalized spacial score (nSPS) is 14.8. The van der Waals surface area contributed by atoms with E-state index in [0.29, 0.717) is 40.2 Å². The summed E-state index contributed by atoms with van der Waals surface area (Å²) in [5, 5.41) is 26.9. The largest absolute Gasteiger partial charge is 0.478 e. The van der Waals surface area contributed by atoms with E-state index in [4.69, 9.17) is 9.47 Å². The summed E-state index contributed by atoms with van der Waals surface area (Å²) in [4.78, 5) is 53.8. The summed E-state index contributed by atoms with van der Waals surface area (Å²) in [6.07, 6.45) is 2.42. The van der Waals surface area contributed by atoms with E-state index in [-0.39, 0.29) is 53.5 Å². The van der Waals surface area contributed by atoms with Gasteiger partial charge >= 0.3 is 11.9 Å². The topological polar surface area (TPSA) is 178 Å². The molecule has 0 spiro atoms. The summed E-state index contributed by atoms with van der Waals surface area (Å²) < 4.78 is 13.6.